The van der Waals surface area contributed by atoms with E-state index in [9.17, 15) is 9.90 Å². The van der Waals surface area contributed by atoms with Crippen LogP contribution in [0.2, 0.25) is 0 Å². The molecule has 0 saturated carbocycles. The lowest BCUT2D eigenvalue weighted by atomic mass is 10.2. The highest BCUT2D eigenvalue weighted by molar-refractivity contribution is 5.78. The first-order valence-electron chi connectivity index (χ1n) is 5.58. The van der Waals surface area contributed by atoms with E-state index in [0.29, 0.717) is 17.9 Å². The second-order valence-electron chi connectivity index (χ2n) is 4.15. The van der Waals surface area contributed by atoms with Gasteiger partial charge in [0.25, 0.3) is 0 Å². The van der Waals surface area contributed by atoms with E-state index >= 15 is 0 Å². The van der Waals surface area contributed by atoms with Crippen LogP contribution in [0.15, 0.2) is 12.3 Å². The second kappa shape index (κ2) is 4.16. The predicted molar refractivity (Wildman–Crippen MR) is 64.0 cm³/mol. The zero-order chi connectivity index (χ0) is 12.6. The molecule has 1 atom stereocenters. The minimum Gasteiger partial charge on any atom is -0.480 e. The highest BCUT2D eigenvalue weighted by Crippen LogP contribution is 2.22. The quantitative estimate of drug-likeness (QED) is 0.881. The van der Waals surface area contributed by atoms with Crippen molar-refractivity contribution in [3.8, 4) is 0 Å². The van der Waals surface area contributed by atoms with Crippen LogP contribution in [0.5, 0.6) is 0 Å². The normalized spacial score (nSPS) is 12.9. The van der Waals surface area contributed by atoms with Crippen molar-refractivity contribution in [1.82, 2.24) is 14.5 Å². The topological polar surface area (TPSA) is 68.0 Å². The molecule has 1 N–H and O–H groups in total. The SMILES string of the molecule is CCC(C(=O)O)n1c(C)nc2cc(C)cnc21. The third kappa shape index (κ3) is 1.88. The van der Waals surface area contributed by atoms with Gasteiger partial charge in [0.05, 0.1) is 0 Å². The lowest BCUT2D eigenvalue weighted by Gasteiger charge is -2.13. The summed E-state index contributed by atoms with van der Waals surface area (Å²) in [7, 11) is 0. The van der Waals surface area contributed by atoms with Crippen LogP contribution in [0.1, 0.15) is 30.8 Å². The molecule has 2 rings (SSSR count). The van der Waals surface area contributed by atoms with Gasteiger partial charge in [-0.25, -0.2) is 14.8 Å². The van der Waals surface area contributed by atoms with Crippen molar-refractivity contribution in [2.75, 3.05) is 0 Å². The Hall–Kier alpha value is -1.91. The van der Waals surface area contributed by atoms with Crippen molar-refractivity contribution in [3.63, 3.8) is 0 Å². The van der Waals surface area contributed by atoms with E-state index in [-0.39, 0.29) is 0 Å². The molecule has 0 fully saturated rings. The summed E-state index contributed by atoms with van der Waals surface area (Å²) in [6, 6.07) is 1.32. The predicted octanol–water partition coefficient (Wildman–Crippen LogP) is 2.08. The monoisotopic (exact) mass is 233 g/mol. The molecule has 90 valence electrons. The van der Waals surface area contributed by atoms with Gasteiger partial charge >= 0.3 is 5.97 Å². The van der Waals surface area contributed by atoms with Crippen LogP contribution in [-0.2, 0) is 4.79 Å². The first-order valence-corrected chi connectivity index (χ1v) is 5.58. The van der Waals surface area contributed by atoms with Gasteiger partial charge in [0.2, 0.25) is 0 Å². The van der Waals surface area contributed by atoms with E-state index in [1.807, 2.05) is 26.8 Å². The van der Waals surface area contributed by atoms with E-state index in [0.717, 1.165) is 11.1 Å². The minimum absolute atomic E-state index is 0.511. The van der Waals surface area contributed by atoms with Crippen LogP contribution in [0.4, 0.5) is 0 Å². The van der Waals surface area contributed by atoms with Gasteiger partial charge in [-0.15, -0.1) is 0 Å². The summed E-state index contributed by atoms with van der Waals surface area (Å²) in [6.07, 6.45) is 2.24. The molecule has 2 heterocycles. The van der Waals surface area contributed by atoms with Crippen molar-refractivity contribution >= 4 is 17.1 Å². The molecule has 0 spiro atoms. The molecule has 0 radical (unpaired) electrons. The number of nitrogens with zero attached hydrogens (tertiary/aromatic N) is 3. The summed E-state index contributed by atoms with van der Waals surface area (Å²) in [4.78, 5) is 19.9. The standard InChI is InChI=1S/C12H15N3O2/c1-4-10(12(16)17)15-8(3)14-9-5-7(2)6-13-11(9)15/h5-6,10H,4H2,1-3H3,(H,16,17). The maximum absolute atomic E-state index is 11.2. The zero-order valence-electron chi connectivity index (χ0n) is 10.1. The maximum Gasteiger partial charge on any atom is 0.326 e. The van der Waals surface area contributed by atoms with Crippen LogP contribution in [0.25, 0.3) is 11.2 Å². The largest absolute Gasteiger partial charge is 0.480 e. The fourth-order valence-corrected chi connectivity index (χ4v) is 2.04. The highest BCUT2D eigenvalue weighted by atomic mass is 16.4. The van der Waals surface area contributed by atoms with E-state index in [1.165, 1.54) is 0 Å². The Bertz CT molecular complexity index is 574. The Morgan fingerprint density at radius 2 is 2.24 bits per heavy atom. The van der Waals surface area contributed by atoms with Crippen LogP contribution in [0.3, 0.4) is 0 Å². The molecule has 1 unspecified atom stereocenters. The van der Waals surface area contributed by atoms with E-state index in [2.05, 4.69) is 9.97 Å². The smallest absolute Gasteiger partial charge is 0.326 e. The lowest BCUT2D eigenvalue weighted by molar-refractivity contribution is -0.140. The number of imidazole rings is 1. The molecule has 0 aliphatic rings. The van der Waals surface area contributed by atoms with Gasteiger partial charge in [-0.1, -0.05) is 6.92 Å². The van der Waals surface area contributed by atoms with Crippen LogP contribution < -0.4 is 0 Å². The maximum atomic E-state index is 11.2. The summed E-state index contributed by atoms with van der Waals surface area (Å²) in [5.41, 5.74) is 2.41. The average molecular weight is 233 g/mol. The molecule has 0 aromatic carbocycles. The fraction of sp³-hybridized carbons (Fsp3) is 0.417. The van der Waals surface area contributed by atoms with Crippen molar-refractivity contribution in [1.29, 1.82) is 0 Å². The molecule has 0 aliphatic carbocycles. The highest BCUT2D eigenvalue weighted by Gasteiger charge is 2.22. The van der Waals surface area contributed by atoms with Crippen molar-refractivity contribution in [3.05, 3.63) is 23.7 Å². The zero-order valence-corrected chi connectivity index (χ0v) is 10.1. The summed E-state index contributed by atoms with van der Waals surface area (Å²) in [5.74, 6) is -0.162. The Kier molecular flexibility index (Phi) is 2.83. The molecule has 0 saturated heterocycles. The number of aryl methyl sites for hydroxylation is 2. The number of carbonyl (C=O) groups is 1. The Balaban J connectivity index is 2.68. The fourth-order valence-electron chi connectivity index (χ4n) is 2.04. The molecule has 0 aliphatic heterocycles. The Morgan fingerprint density at radius 3 is 2.82 bits per heavy atom. The minimum atomic E-state index is -0.850. The molecule has 2 aromatic heterocycles. The second-order valence-corrected chi connectivity index (χ2v) is 4.15. The average Bonchev–Trinajstić information content (AvgIpc) is 2.55. The van der Waals surface area contributed by atoms with Gasteiger partial charge in [0.15, 0.2) is 5.65 Å². The molecule has 2 aromatic rings. The third-order valence-electron chi connectivity index (χ3n) is 2.83. The van der Waals surface area contributed by atoms with Crippen LogP contribution in [0, 0.1) is 13.8 Å². The Labute approximate surface area is 99.1 Å². The summed E-state index contributed by atoms with van der Waals surface area (Å²) < 4.78 is 1.69. The number of hydrogen-bond donors (Lipinski definition) is 1. The lowest BCUT2D eigenvalue weighted by Crippen LogP contribution is -2.19. The van der Waals surface area contributed by atoms with Crippen LogP contribution in [-0.4, -0.2) is 25.6 Å². The Morgan fingerprint density at radius 1 is 1.53 bits per heavy atom. The molecule has 17 heavy (non-hydrogen) atoms. The number of rotatable bonds is 3. The first-order chi connectivity index (χ1) is 8.04. The van der Waals surface area contributed by atoms with E-state index in [4.69, 9.17) is 0 Å². The van der Waals surface area contributed by atoms with Gasteiger partial charge in [0, 0.05) is 6.20 Å². The number of fused-ring (bicyclic) bond motifs is 1. The first kappa shape index (κ1) is 11.6. The number of carboxylic acid groups (broad SMARTS) is 1. The van der Waals surface area contributed by atoms with Crippen molar-refractivity contribution in [2.45, 2.75) is 33.2 Å². The number of pyridine rings is 1. The van der Waals surface area contributed by atoms with Gasteiger partial charge in [-0.05, 0) is 31.9 Å². The number of aliphatic carboxylic acids is 1. The van der Waals surface area contributed by atoms with Gasteiger partial charge in [-0.3, -0.25) is 4.57 Å². The molecule has 5 heteroatoms. The molecule has 0 amide bonds. The summed E-state index contributed by atoms with van der Waals surface area (Å²) in [6.45, 7) is 5.59. The van der Waals surface area contributed by atoms with Gasteiger partial charge in [0.1, 0.15) is 17.4 Å². The molecule has 0 bridgehead atoms. The molecular weight excluding hydrogens is 218 g/mol. The van der Waals surface area contributed by atoms with Gasteiger partial charge < -0.3 is 5.11 Å². The van der Waals surface area contributed by atoms with Crippen molar-refractivity contribution in [2.24, 2.45) is 0 Å². The summed E-state index contributed by atoms with van der Waals surface area (Å²) >= 11 is 0. The van der Waals surface area contributed by atoms with Gasteiger partial charge in [-0.2, -0.15) is 0 Å². The summed E-state index contributed by atoms with van der Waals surface area (Å²) in [5, 5.41) is 9.21. The number of aromatic nitrogens is 3. The molecule has 5 nitrogen and oxygen atoms in total. The third-order valence-corrected chi connectivity index (χ3v) is 2.83. The van der Waals surface area contributed by atoms with Crippen molar-refractivity contribution < 1.29 is 9.90 Å². The van der Waals surface area contributed by atoms with Crippen LogP contribution >= 0.6 is 0 Å². The number of hydrogen-bond acceptors (Lipinski definition) is 3. The van der Waals surface area contributed by atoms with E-state index < -0.39 is 12.0 Å². The molecular formula is C12H15N3O2. The van der Waals surface area contributed by atoms with E-state index in [1.54, 1.807) is 10.8 Å². The number of carboxylic acids is 1.